The van der Waals surface area contributed by atoms with Gasteiger partial charge in [-0.1, -0.05) is 33.1 Å². The number of hydrogen-bond acceptors (Lipinski definition) is 2. The molecule has 3 nitrogen and oxygen atoms in total. The van der Waals surface area contributed by atoms with Crippen LogP contribution in [0.3, 0.4) is 0 Å². The Morgan fingerprint density at radius 2 is 1.82 bits per heavy atom. The van der Waals surface area contributed by atoms with Gasteiger partial charge < -0.3 is 5.11 Å². The van der Waals surface area contributed by atoms with Crippen molar-refractivity contribution in [1.82, 2.24) is 4.90 Å². The second kappa shape index (κ2) is 7.00. The van der Waals surface area contributed by atoms with Crippen LogP contribution in [0.5, 0.6) is 0 Å². The zero-order valence-electron chi connectivity index (χ0n) is 11.5. The molecule has 2 atom stereocenters. The Hall–Kier alpha value is -0.570. The molecule has 3 heteroatoms. The lowest BCUT2D eigenvalue weighted by Crippen LogP contribution is -2.45. The highest BCUT2D eigenvalue weighted by Crippen LogP contribution is 2.29. The molecule has 0 saturated heterocycles. The molecule has 1 saturated carbocycles. The molecular formula is C14H27NO2. The van der Waals surface area contributed by atoms with Crippen LogP contribution in [0.1, 0.15) is 58.8 Å². The fourth-order valence-electron chi connectivity index (χ4n) is 3.20. The third kappa shape index (κ3) is 3.70. The number of carbonyl (C=O) groups is 1. The predicted octanol–water partition coefficient (Wildman–Crippen LogP) is 3.14. The van der Waals surface area contributed by atoms with Gasteiger partial charge in [0, 0.05) is 12.1 Å². The van der Waals surface area contributed by atoms with Gasteiger partial charge in [-0.15, -0.1) is 0 Å². The molecule has 1 aliphatic carbocycles. The van der Waals surface area contributed by atoms with Crippen LogP contribution >= 0.6 is 0 Å². The van der Waals surface area contributed by atoms with E-state index in [9.17, 15) is 9.90 Å². The van der Waals surface area contributed by atoms with Crippen LogP contribution in [0.2, 0.25) is 0 Å². The number of carboxylic acid groups (broad SMARTS) is 1. The Balaban J connectivity index is 2.77. The minimum atomic E-state index is -0.602. The summed E-state index contributed by atoms with van der Waals surface area (Å²) in [6.07, 6.45) is 7.56. The standard InChI is InChI=1S/C14H27NO2/c1-4-11(5-2)15(3)13-10-8-6-7-9-12(13)14(16)17/h11-13H,4-10H2,1-3H3,(H,16,17). The highest BCUT2D eigenvalue weighted by molar-refractivity contribution is 5.70. The van der Waals surface area contributed by atoms with Crippen LogP contribution in [0.15, 0.2) is 0 Å². The van der Waals surface area contributed by atoms with Crippen molar-refractivity contribution in [2.75, 3.05) is 7.05 Å². The Morgan fingerprint density at radius 1 is 1.24 bits per heavy atom. The third-order valence-corrected chi connectivity index (χ3v) is 4.34. The monoisotopic (exact) mass is 241 g/mol. The van der Waals surface area contributed by atoms with Crippen LogP contribution in [-0.2, 0) is 4.79 Å². The molecule has 100 valence electrons. The zero-order valence-corrected chi connectivity index (χ0v) is 11.5. The summed E-state index contributed by atoms with van der Waals surface area (Å²) in [5.74, 6) is -0.766. The van der Waals surface area contributed by atoms with Crippen LogP contribution in [0.25, 0.3) is 0 Å². The van der Waals surface area contributed by atoms with Crippen molar-refractivity contribution in [2.45, 2.75) is 70.9 Å². The largest absolute Gasteiger partial charge is 0.481 e. The van der Waals surface area contributed by atoms with Crippen molar-refractivity contribution in [2.24, 2.45) is 5.92 Å². The van der Waals surface area contributed by atoms with E-state index in [4.69, 9.17) is 0 Å². The minimum Gasteiger partial charge on any atom is -0.481 e. The first kappa shape index (κ1) is 14.5. The molecule has 1 aliphatic rings. The van der Waals surface area contributed by atoms with E-state index in [2.05, 4.69) is 25.8 Å². The fraction of sp³-hybridized carbons (Fsp3) is 0.929. The van der Waals surface area contributed by atoms with Gasteiger partial charge in [0.15, 0.2) is 0 Å². The van der Waals surface area contributed by atoms with E-state index < -0.39 is 5.97 Å². The van der Waals surface area contributed by atoms with Gasteiger partial charge >= 0.3 is 5.97 Å². The molecule has 1 fully saturated rings. The molecule has 0 aromatic rings. The van der Waals surface area contributed by atoms with E-state index >= 15 is 0 Å². The van der Waals surface area contributed by atoms with Crippen molar-refractivity contribution in [3.8, 4) is 0 Å². The summed E-state index contributed by atoms with van der Waals surface area (Å²) >= 11 is 0. The minimum absolute atomic E-state index is 0.164. The predicted molar refractivity (Wildman–Crippen MR) is 70.1 cm³/mol. The number of carboxylic acids is 1. The average Bonchev–Trinajstić information content (AvgIpc) is 2.55. The lowest BCUT2D eigenvalue weighted by molar-refractivity contribution is -0.144. The summed E-state index contributed by atoms with van der Waals surface area (Å²) in [6.45, 7) is 4.38. The maximum Gasteiger partial charge on any atom is 0.308 e. The molecule has 0 aromatic heterocycles. The second-order valence-corrected chi connectivity index (χ2v) is 5.29. The average molecular weight is 241 g/mol. The highest BCUT2D eigenvalue weighted by atomic mass is 16.4. The van der Waals surface area contributed by atoms with Gasteiger partial charge in [-0.25, -0.2) is 0 Å². The molecule has 0 aliphatic heterocycles. The van der Waals surface area contributed by atoms with Crippen LogP contribution in [0, 0.1) is 5.92 Å². The molecule has 0 heterocycles. The summed E-state index contributed by atoms with van der Waals surface area (Å²) < 4.78 is 0. The summed E-state index contributed by atoms with van der Waals surface area (Å²) in [7, 11) is 2.11. The molecule has 0 bridgehead atoms. The van der Waals surface area contributed by atoms with Crippen LogP contribution in [-0.4, -0.2) is 35.1 Å². The Morgan fingerprint density at radius 3 is 2.35 bits per heavy atom. The second-order valence-electron chi connectivity index (χ2n) is 5.29. The smallest absolute Gasteiger partial charge is 0.308 e. The third-order valence-electron chi connectivity index (χ3n) is 4.34. The van der Waals surface area contributed by atoms with Crippen molar-refractivity contribution >= 4 is 5.97 Å². The van der Waals surface area contributed by atoms with E-state index in [-0.39, 0.29) is 12.0 Å². The van der Waals surface area contributed by atoms with Gasteiger partial charge in [-0.2, -0.15) is 0 Å². The first-order valence-corrected chi connectivity index (χ1v) is 7.06. The summed E-state index contributed by atoms with van der Waals surface area (Å²) in [5.41, 5.74) is 0. The normalized spacial score (nSPS) is 26.2. The quantitative estimate of drug-likeness (QED) is 0.752. The van der Waals surface area contributed by atoms with E-state index in [1.54, 1.807) is 0 Å². The molecule has 1 N–H and O–H groups in total. The highest BCUT2D eigenvalue weighted by Gasteiger charge is 2.33. The van der Waals surface area contributed by atoms with Crippen LogP contribution < -0.4 is 0 Å². The van der Waals surface area contributed by atoms with E-state index in [0.29, 0.717) is 6.04 Å². The van der Waals surface area contributed by atoms with Crippen LogP contribution in [0.4, 0.5) is 0 Å². The van der Waals surface area contributed by atoms with Crippen molar-refractivity contribution < 1.29 is 9.90 Å². The van der Waals surface area contributed by atoms with E-state index in [1.807, 2.05) is 0 Å². The van der Waals surface area contributed by atoms with E-state index in [0.717, 1.165) is 32.1 Å². The Kier molecular flexibility index (Phi) is 5.96. The van der Waals surface area contributed by atoms with E-state index in [1.165, 1.54) is 12.8 Å². The van der Waals surface area contributed by atoms with Crippen molar-refractivity contribution in [1.29, 1.82) is 0 Å². The van der Waals surface area contributed by atoms with Crippen molar-refractivity contribution in [3.05, 3.63) is 0 Å². The molecule has 17 heavy (non-hydrogen) atoms. The topological polar surface area (TPSA) is 40.5 Å². The Labute approximate surface area is 105 Å². The summed E-state index contributed by atoms with van der Waals surface area (Å²) in [5, 5.41) is 9.38. The number of hydrogen-bond donors (Lipinski definition) is 1. The molecule has 0 radical (unpaired) electrons. The molecule has 0 spiro atoms. The maximum atomic E-state index is 11.4. The van der Waals surface area contributed by atoms with Gasteiger partial charge in [0.05, 0.1) is 5.92 Å². The lowest BCUT2D eigenvalue weighted by atomic mass is 9.92. The molecular weight excluding hydrogens is 214 g/mol. The first-order valence-electron chi connectivity index (χ1n) is 7.06. The Bertz CT molecular complexity index is 238. The number of rotatable bonds is 5. The molecule has 0 amide bonds. The number of nitrogens with zero attached hydrogens (tertiary/aromatic N) is 1. The SMILES string of the molecule is CCC(CC)N(C)C1CCCCCC1C(=O)O. The molecule has 1 rings (SSSR count). The zero-order chi connectivity index (χ0) is 12.8. The first-order chi connectivity index (χ1) is 8.11. The number of aliphatic carboxylic acids is 1. The lowest BCUT2D eigenvalue weighted by Gasteiger charge is -2.36. The van der Waals surface area contributed by atoms with Gasteiger partial charge in [0.25, 0.3) is 0 Å². The van der Waals surface area contributed by atoms with Gasteiger partial charge in [0.1, 0.15) is 0 Å². The van der Waals surface area contributed by atoms with Gasteiger partial charge in [0.2, 0.25) is 0 Å². The maximum absolute atomic E-state index is 11.4. The fourth-order valence-corrected chi connectivity index (χ4v) is 3.20. The van der Waals surface area contributed by atoms with Gasteiger partial charge in [-0.05, 0) is 32.7 Å². The summed E-state index contributed by atoms with van der Waals surface area (Å²) in [4.78, 5) is 13.7. The molecule has 0 aromatic carbocycles. The summed E-state index contributed by atoms with van der Waals surface area (Å²) in [6, 6.07) is 0.764. The van der Waals surface area contributed by atoms with Gasteiger partial charge in [-0.3, -0.25) is 9.69 Å². The molecule has 2 unspecified atom stereocenters. The van der Waals surface area contributed by atoms with Crippen molar-refractivity contribution in [3.63, 3.8) is 0 Å².